The molecular formula is C22H25NSi. The molecule has 0 saturated heterocycles. The van der Waals surface area contributed by atoms with Crippen molar-refractivity contribution in [1.82, 2.24) is 4.98 Å². The van der Waals surface area contributed by atoms with Crippen molar-refractivity contribution < 1.29 is 0 Å². The maximum absolute atomic E-state index is 4.78. The Bertz CT molecular complexity index is 861. The smallest absolute Gasteiger partial charge is 0.0799 e. The number of aromatic nitrogens is 1. The van der Waals surface area contributed by atoms with Crippen LogP contribution in [0.1, 0.15) is 11.1 Å². The van der Waals surface area contributed by atoms with Crippen LogP contribution >= 0.6 is 0 Å². The van der Waals surface area contributed by atoms with Gasteiger partial charge in [0.15, 0.2) is 0 Å². The summed E-state index contributed by atoms with van der Waals surface area (Å²) in [7, 11) is -1.34. The van der Waals surface area contributed by atoms with Crippen molar-refractivity contribution in [2.75, 3.05) is 0 Å². The summed E-state index contributed by atoms with van der Waals surface area (Å²) in [6, 6.07) is 19.5. The summed E-state index contributed by atoms with van der Waals surface area (Å²) in [5, 5.41) is 1.45. The van der Waals surface area contributed by atoms with Gasteiger partial charge in [-0.25, -0.2) is 0 Å². The van der Waals surface area contributed by atoms with E-state index in [0.29, 0.717) is 0 Å². The lowest BCUT2D eigenvalue weighted by Gasteiger charge is -2.19. The van der Waals surface area contributed by atoms with Gasteiger partial charge < -0.3 is 0 Å². The van der Waals surface area contributed by atoms with Crippen molar-refractivity contribution in [2.24, 2.45) is 0 Å². The highest BCUT2D eigenvalue weighted by Crippen LogP contribution is 2.28. The van der Waals surface area contributed by atoms with Gasteiger partial charge in [-0.15, -0.1) is 0 Å². The molecule has 0 radical (unpaired) electrons. The van der Waals surface area contributed by atoms with Crippen molar-refractivity contribution in [3.05, 3.63) is 71.9 Å². The number of pyridine rings is 1. The SMILES string of the molecule is Cc1ccc(-c2cc(C)c([Si](C)(C)C)cn2)cc1-c1ccccc1. The predicted molar refractivity (Wildman–Crippen MR) is 108 cm³/mol. The van der Waals surface area contributed by atoms with Crippen molar-refractivity contribution in [3.8, 4) is 22.4 Å². The van der Waals surface area contributed by atoms with Gasteiger partial charge in [0.1, 0.15) is 0 Å². The van der Waals surface area contributed by atoms with E-state index in [4.69, 9.17) is 4.98 Å². The summed E-state index contributed by atoms with van der Waals surface area (Å²) in [4.78, 5) is 4.78. The lowest BCUT2D eigenvalue weighted by molar-refractivity contribution is 1.30. The van der Waals surface area contributed by atoms with E-state index in [-0.39, 0.29) is 0 Å². The molecule has 24 heavy (non-hydrogen) atoms. The zero-order chi connectivity index (χ0) is 17.3. The molecule has 0 saturated carbocycles. The highest BCUT2D eigenvalue weighted by atomic mass is 28.3. The monoisotopic (exact) mass is 331 g/mol. The first-order chi connectivity index (χ1) is 11.4. The molecule has 0 unspecified atom stereocenters. The number of rotatable bonds is 3. The molecule has 1 nitrogen and oxygen atoms in total. The predicted octanol–water partition coefficient (Wildman–Crippen LogP) is 5.58. The molecule has 2 heteroatoms. The fourth-order valence-corrected chi connectivity index (χ4v) is 4.92. The molecule has 1 heterocycles. The normalized spacial score (nSPS) is 11.5. The molecule has 3 rings (SSSR count). The zero-order valence-corrected chi connectivity index (χ0v) is 16.2. The summed E-state index contributed by atoms with van der Waals surface area (Å²) < 4.78 is 0. The zero-order valence-electron chi connectivity index (χ0n) is 15.2. The van der Waals surface area contributed by atoms with Gasteiger partial charge >= 0.3 is 0 Å². The van der Waals surface area contributed by atoms with E-state index < -0.39 is 8.07 Å². The lowest BCUT2D eigenvalue weighted by Crippen LogP contribution is -2.39. The van der Waals surface area contributed by atoms with Crippen LogP contribution in [0.15, 0.2) is 60.8 Å². The van der Waals surface area contributed by atoms with Crippen LogP contribution in [0.4, 0.5) is 0 Å². The van der Waals surface area contributed by atoms with Crippen LogP contribution in [0.3, 0.4) is 0 Å². The first-order valence-electron chi connectivity index (χ1n) is 8.50. The Kier molecular flexibility index (Phi) is 4.42. The van der Waals surface area contributed by atoms with E-state index in [2.05, 4.69) is 94.3 Å². The molecule has 2 aromatic carbocycles. The molecule has 0 aliphatic heterocycles. The van der Waals surface area contributed by atoms with Crippen LogP contribution in [-0.2, 0) is 0 Å². The minimum Gasteiger partial charge on any atom is -0.256 e. The Hall–Kier alpha value is -2.19. The molecule has 0 spiro atoms. The third-order valence-corrected chi connectivity index (χ3v) is 6.68. The average molecular weight is 332 g/mol. The molecule has 0 atom stereocenters. The third-order valence-electron chi connectivity index (χ3n) is 4.54. The van der Waals surface area contributed by atoms with E-state index >= 15 is 0 Å². The van der Waals surface area contributed by atoms with Gasteiger partial charge in [-0.3, -0.25) is 4.98 Å². The van der Waals surface area contributed by atoms with E-state index in [1.807, 2.05) is 0 Å². The van der Waals surface area contributed by atoms with E-state index in [1.165, 1.54) is 33.0 Å². The summed E-state index contributed by atoms with van der Waals surface area (Å²) >= 11 is 0. The van der Waals surface area contributed by atoms with Gasteiger partial charge in [0.25, 0.3) is 0 Å². The Morgan fingerprint density at radius 1 is 0.750 bits per heavy atom. The van der Waals surface area contributed by atoms with Crippen LogP contribution < -0.4 is 5.19 Å². The lowest BCUT2D eigenvalue weighted by atomic mass is 9.97. The van der Waals surface area contributed by atoms with Crippen LogP contribution in [0.25, 0.3) is 22.4 Å². The van der Waals surface area contributed by atoms with Crippen molar-refractivity contribution in [3.63, 3.8) is 0 Å². The van der Waals surface area contributed by atoms with Gasteiger partial charge in [0.05, 0.1) is 13.8 Å². The Morgan fingerprint density at radius 3 is 2.08 bits per heavy atom. The molecular weight excluding hydrogens is 306 g/mol. The van der Waals surface area contributed by atoms with Gasteiger partial charge in [-0.1, -0.05) is 62.1 Å². The molecule has 0 amide bonds. The highest BCUT2D eigenvalue weighted by Gasteiger charge is 2.19. The molecule has 3 aromatic rings. The minimum absolute atomic E-state index is 1.06. The largest absolute Gasteiger partial charge is 0.256 e. The second-order valence-corrected chi connectivity index (χ2v) is 12.6. The first kappa shape index (κ1) is 16.7. The number of hydrogen-bond acceptors (Lipinski definition) is 1. The second-order valence-electron chi connectivity index (χ2n) is 7.53. The van der Waals surface area contributed by atoms with Crippen LogP contribution in [-0.4, -0.2) is 13.1 Å². The summed E-state index contributed by atoms with van der Waals surface area (Å²) in [5.74, 6) is 0. The average Bonchev–Trinajstić information content (AvgIpc) is 2.55. The van der Waals surface area contributed by atoms with Crippen molar-refractivity contribution >= 4 is 13.3 Å². The molecule has 122 valence electrons. The van der Waals surface area contributed by atoms with E-state index in [1.54, 1.807) is 0 Å². The fraction of sp³-hybridized carbons (Fsp3) is 0.227. The quantitative estimate of drug-likeness (QED) is 0.571. The summed E-state index contributed by atoms with van der Waals surface area (Å²) in [6.07, 6.45) is 2.10. The number of benzene rings is 2. The van der Waals surface area contributed by atoms with Crippen LogP contribution in [0.5, 0.6) is 0 Å². The standard InChI is InChI=1S/C22H25NSi/c1-16-11-12-19(14-20(16)18-9-7-6-8-10-18)21-13-17(2)22(15-23-21)24(3,4)5/h6-15H,1-5H3. The van der Waals surface area contributed by atoms with Gasteiger partial charge in [-0.2, -0.15) is 0 Å². The third kappa shape index (κ3) is 3.34. The molecule has 0 aliphatic rings. The molecule has 0 fully saturated rings. The molecule has 0 aliphatic carbocycles. The summed E-state index contributed by atoms with van der Waals surface area (Å²) in [6.45, 7) is 11.5. The number of aryl methyl sites for hydroxylation is 2. The highest BCUT2D eigenvalue weighted by molar-refractivity contribution is 6.89. The number of hydrogen-bond donors (Lipinski definition) is 0. The van der Waals surface area contributed by atoms with E-state index in [9.17, 15) is 0 Å². The van der Waals surface area contributed by atoms with Crippen molar-refractivity contribution in [1.29, 1.82) is 0 Å². The van der Waals surface area contributed by atoms with E-state index in [0.717, 1.165) is 5.69 Å². The second kappa shape index (κ2) is 6.37. The topological polar surface area (TPSA) is 12.9 Å². The Labute approximate surface area is 146 Å². The molecule has 1 aromatic heterocycles. The van der Waals surface area contributed by atoms with Crippen molar-refractivity contribution in [2.45, 2.75) is 33.5 Å². The molecule has 0 bridgehead atoms. The van der Waals surface area contributed by atoms with Gasteiger partial charge in [-0.05, 0) is 53.4 Å². The van der Waals surface area contributed by atoms with Crippen LogP contribution in [0, 0.1) is 13.8 Å². The number of nitrogens with zero attached hydrogens (tertiary/aromatic N) is 1. The molecule has 0 N–H and O–H groups in total. The minimum atomic E-state index is -1.34. The fourth-order valence-electron chi connectivity index (χ4n) is 3.21. The maximum atomic E-state index is 4.78. The first-order valence-corrected chi connectivity index (χ1v) is 12.0. The summed E-state index contributed by atoms with van der Waals surface area (Å²) in [5.41, 5.74) is 7.44. The van der Waals surface area contributed by atoms with Gasteiger partial charge in [0, 0.05) is 11.8 Å². The van der Waals surface area contributed by atoms with Crippen LogP contribution in [0.2, 0.25) is 19.6 Å². The Morgan fingerprint density at radius 2 is 1.46 bits per heavy atom. The van der Waals surface area contributed by atoms with Gasteiger partial charge in [0.2, 0.25) is 0 Å². The maximum Gasteiger partial charge on any atom is 0.0799 e. The Balaban J connectivity index is 2.07.